The molecule has 23 nitrogen and oxygen atoms in total. The average Bonchev–Trinajstić information content (AvgIpc) is 1.60. The molecule has 10 saturated heterocycles. The van der Waals surface area contributed by atoms with Crippen molar-refractivity contribution in [2.24, 2.45) is 23.7 Å². The van der Waals surface area contributed by atoms with Crippen molar-refractivity contribution in [3.05, 3.63) is 108 Å². The second kappa shape index (κ2) is 38.3. The van der Waals surface area contributed by atoms with Crippen molar-refractivity contribution in [1.29, 1.82) is 0 Å². The van der Waals surface area contributed by atoms with Gasteiger partial charge in [-0.05, 0) is 164 Å². The summed E-state index contributed by atoms with van der Waals surface area (Å²) in [7, 11) is 0. The summed E-state index contributed by atoms with van der Waals surface area (Å²) in [6, 6.07) is -0.380. The van der Waals surface area contributed by atoms with E-state index in [1.54, 1.807) is 24.8 Å². The summed E-state index contributed by atoms with van der Waals surface area (Å²) >= 11 is 0. The predicted octanol–water partition coefficient (Wildman–Crippen LogP) is 10.7. The molecule has 7 N–H and O–H groups in total. The molecule has 10 rings (SSSR count). The van der Waals surface area contributed by atoms with Crippen LogP contribution in [-0.4, -0.2) is 239 Å². The van der Waals surface area contributed by atoms with E-state index in [-0.39, 0.29) is 108 Å². The van der Waals surface area contributed by atoms with Gasteiger partial charge in [-0.3, -0.25) is 14.4 Å². The number of carbonyl (C=O) groups excluding carboxylic acids is 4. The van der Waals surface area contributed by atoms with Gasteiger partial charge in [0.1, 0.15) is 59.5 Å². The van der Waals surface area contributed by atoms with Crippen molar-refractivity contribution in [2.45, 2.75) is 326 Å². The van der Waals surface area contributed by atoms with Crippen molar-refractivity contribution in [2.75, 3.05) is 46.1 Å². The Balaban J connectivity index is 0.000000209. The first-order valence-electron chi connectivity index (χ1n) is 39.7. The van der Waals surface area contributed by atoms with Gasteiger partial charge in [0, 0.05) is 44.5 Å². The maximum absolute atomic E-state index is 13.8. The molecule has 0 aromatic rings. The zero-order valence-corrected chi connectivity index (χ0v) is 68.1. The topological polar surface area (TPSA) is 300 Å². The summed E-state index contributed by atoms with van der Waals surface area (Å²) in [4.78, 5) is 50.6. The summed E-state index contributed by atoms with van der Waals surface area (Å²) < 4.78 is 105. The van der Waals surface area contributed by atoms with Crippen molar-refractivity contribution < 1.29 is 105 Å². The van der Waals surface area contributed by atoms with Gasteiger partial charge < -0.3 is 93.4 Å². The standard InChI is InChI=1S/C31H48N2O8.C27H40F3NO5.C26H41NO6/c1-20(8-11-26-28(35)31(19-38-31)18-30(5,6)41-26)7-10-25-21(2)17-24(23(4)40-25)32-27(34)12-9-22(3)39-29(36)33-13-15-37-16-14-33;1-16(2)7-12-23(32)31-20-13-17(3)21(35-18(20)4)10-8-19(27(28,29)30)9-11-22-24(33)26(15-34-26)14-25(5,6)36-22;1-16(8-11-22-24(30)26(15-31-26)14-25(5,6)33-22)7-10-21-17(2)13-20(19(4)32-21)27-23(29)12-9-18(3)28/h7-9,11-12,21-26,28,35H,10,13-19H2,1-6H3,(H,32,34);7-9,11-12,16-18,20-22,24,33H,10,13-15H2,1-6H3,(H,31,32);7-9,11-12,17-22,24,28,30H,10,13-15H2,1-6H3,(H,27,29)/b11-8+,12-9-,20-7+;11-9+,12-7-,19-8-;11-8+,12-9-,16-7+/t21-,22-,23+,24+,25-,26+,28+,31+;17-,18+,20+,21-,22+,24+,26+;17-,18-,19+,20+,21-,22+,24+,26+/m000/s1. The van der Waals surface area contributed by atoms with Crippen LogP contribution in [0.5, 0.6) is 0 Å². The Morgan fingerprint density at radius 2 is 0.855 bits per heavy atom. The number of allylic oxidation sites excluding steroid dienone is 7. The molecule has 10 fully saturated rings. The number of ether oxygens (including phenoxy) is 11. The highest BCUT2D eigenvalue weighted by atomic mass is 19.4. The monoisotopic (exact) mass is 1550 g/mol. The summed E-state index contributed by atoms with van der Waals surface area (Å²) in [5.74, 6) is 0.0932. The smallest absolute Gasteiger partial charge is 0.416 e. The minimum Gasteiger partial charge on any atom is -0.442 e. The third kappa shape index (κ3) is 26.6. The largest absolute Gasteiger partial charge is 0.442 e. The molecule has 23 atom stereocenters. The Morgan fingerprint density at radius 3 is 1.19 bits per heavy atom. The van der Waals surface area contributed by atoms with E-state index in [4.69, 9.17) is 52.1 Å². The second-order valence-corrected chi connectivity index (χ2v) is 34.7. The lowest BCUT2D eigenvalue weighted by atomic mass is 9.83. The Morgan fingerprint density at radius 1 is 0.518 bits per heavy atom. The number of hydrogen-bond donors (Lipinski definition) is 7. The molecule has 0 radical (unpaired) electrons. The van der Waals surface area contributed by atoms with Gasteiger partial charge in [0.2, 0.25) is 17.7 Å². The van der Waals surface area contributed by atoms with Gasteiger partial charge in [0.15, 0.2) is 0 Å². The predicted molar refractivity (Wildman–Crippen MR) is 410 cm³/mol. The maximum Gasteiger partial charge on any atom is 0.416 e. The fraction of sp³-hybridized carbons (Fsp3) is 0.738. The minimum atomic E-state index is -4.57. The lowest BCUT2D eigenvalue weighted by Gasteiger charge is -2.41. The third-order valence-electron chi connectivity index (χ3n) is 22.3. The Kier molecular flexibility index (Phi) is 31.4. The van der Waals surface area contributed by atoms with Crippen LogP contribution in [-0.2, 0) is 66.5 Å². The highest BCUT2D eigenvalue weighted by Gasteiger charge is 2.62. The fourth-order valence-corrected chi connectivity index (χ4v) is 15.9. The summed E-state index contributed by atoms with van der Waals surface area (Å²) in [5.41, 5.74) is -1.61. The van der Waals surface area contributed by atoms with Crippen molar-refractivity contribution in [3.63, 3.8) is 0 Å². The van der Waals surface area contributed by atoms with E-state index >= 15 is 0 Å². The van der Waals surface area contributed by atoms with Crippen LogP contribution >= 0.6 is 0 Å². The number of aliphatic hydroxyl groups is 4. The molecule has 10 aliphatic rings. The third-order valence-corrected chi connectivity index (χ3v) is 22.3. The number of morpholine rings is 1. The number of alkyl halides is 3. The van der Waals surface area contributed by atoms with E-state index in [0.717, 1.165) is 49.0 Å². The molecule has 110 heavy (non-hydrogen) atoms. The van der Waals surface area contributed by atoms with Gasteiger partial charge in [-0.15, -0.1) is 0 Å². The van der Waals surface area contributed by atoms with E-state index in [2.05, 4.69) is 41.9 Å². The van der Waals surface area contributed by atoms with Crippen LogP contribution in [0.25, 0.3) is 0 Å². The molecule has 10 aliphatic heterocycles. The molecule has 0 aromatic carbocycles. The van der Waals surface area contributed by atoms with Crippen molar-refractivity contribution in [3.8, 4) is 0 Å². The summed E-state index contributed by atoms with van der Waals surface area (Å²) in [6.07, 6.45) is 19.4. The van der Waals surface area contributed by atoms with Crippen LogP contribution in [0.3, 0.4) is 0 Å². The number of amides is 4. The first-order chi connectivity index (χ1) is 51.4. The van der Waals surface area contributed by atoms with Crippen molar-refractivity contribution >= 4 is 23.8 Å². The second-order valence-electron chi connectivity index (χ2n) is 34.7. The van der Waals surface area contributed by atoms with Crippen molar-refractivity contribution in [1.82, 2.24) is 20.9 Å². The average molecular weight is 1560 g/mol. The molecule has 0 aromatic heterocycles. The molecule has 0 unspecified atom stereocenters. The summed E-state index contributed by atoms with van der Waals surface area (Å²) in [5, 5.41) is 50.2. The zero-order valence-electron chi connectivity index (χ0n) is 68.1. The van der Waals surface area contributed by atoms with E-state index in [1.165, 1.54) is 30.4 Å². The normalized spacial score (nSPS) is 37.7. The molecule has 4 amide bonds. The molecule has 0 saturated carbocycles. The number of halogens is 3. The molecule has 10 heterocycles. The Labute approximate surface area is 650 Å². The molecule has 620 valence electrons. The van der Waals surface area contributed by atoms with E-state index in [9.17, 15) is 52.8 Å². The van der Waals surface area contributed by atoms with Gasteiger partial charge in [-0.25, -0.2) is 4.79 Å². The van der Waals surface area contributed by atoms with E-state index in [1.807, 2.05) is 127 Å². The highest BCUT2D eigenvalue weighted by Crippen LogP contribution is 2.49. The molecule has 0 bridgehead atoms. The summed E-state index contributed by atoms with van der Waals surface area (Å²) in [6.45, 7) is 38.7. The van der Waals surface area contributed by atoms with E-state index in [0.29, 0.717) is 71.8 Å². The maximum atomic E-state index is 13.8. The van der Waals surface area contributed by atoms with Gasteiger partial charge in [-0.1, -0.05) is 113 Å². The number of rotatable bonds is 22. The number of nitrogens with one attached hydrogen (secondary N) is 3. The number of hydrogen-bond acceptors (Lipinski definition) is 19. The van der Waals surface area contributed by atoms with Gasteiger partial charge in [0.25, 0.3) is 0 Å². The SMILES string of the molecule is CC(/C=C/[C@H]1OC(C)(C)C[C@@]2(CO2)[C@@H]1O)=C\C[C@@H]1O[C@H](C)[C@H](NC(=O)/C=C\[C@H](C)O)C[C@@H]1C.CC(/C=C/[C@H]1OC(C)(C)C[C@@]2(CO2)[C@@H]1O)=C\C[C@@H]1O[C@H](C)[C@H](NC(=O)/C=C\[C@H](C)OC(=O)N2CCOCC2)C[C@@H]1C.CC(C)/C=C\C(=O)N[C@@H]1C[C@H](C)[C@H](C/C=C(/C=C/[C@H]2OC(C)(C)C[C@@]3(CO3)[C@@H]2O)C(F)(F)F)O[C@@H]1C. The lowest BCUT2D eigenvalue weighted by molar-refractivity contribution is -0.171. The minimum absolute atomic E-state index is 0.0373. The van der Waals surface area contributed by atoms with E-state index < -0.39 is 95.2 Å². The van der Waals surface area contributed by atoms with Gasteiger partial charge in [-0.2, -0.15) is 13.2 Å². The highest BCUT2D eigenvalue weighted by molar-refractivity contribution is 5.88. The van der Waals surface area contributed by atoms with Gasteiger partial charge in [0.05, 0.1) is 116 Å². The molecule has 0 aliphatic carbocycles. The lowest BCUT2D eigenvalue weighted by Crippen LogP contribution is -2.53. The molecule has 3 spiro atoms. The Hall–Kier alpha value is -5.43. The number of nitrogens with zero attached hydrogens (tertiary/aromatic N) is 1. The molecular formula is C84H129F3N4O19. The molecule has 26 heteroatoms. The quantitative estimate of drug-likeness (QED) is 0.0301. The number of carbonyl (C=O) groups is 4. The van der Waals surface area contributed by atoms with Gasteiger partial charge >= 0.3 is 12.3 Å². The number of aliphatic hydroxyl groups excluding tert-OH is 4. The first kappa shape index (κ1) is 90.1. The van der Waals surface area contributed by atoms with Crippen LogP contribution < -0.4 is 16.0 Å². The molecular weight excluding hydrogens is 1430 g/mol. The van der Waals surface area contributed by atoms with Crippen LogP contribution in [0.4, 0.5) is 18.0 Å². The Bertz CT molecular complexity index is 3360. The zero-order chi connectivity index (χ0) is 81.1. The fourth-order valence-electron chi connectivity index (χ4n) is 15.9. The van der Waals surface area contributed by atoms with Crippen LogP contribution in [0, 0.1) is 23.7 Å². The number of epoxide rings is 3. The van der Waals surface area contributed by atoms with Crippen LogP contribution in [0.2, 0.25) is 0 Å². The van der Waals surface area contributed by atoms with Crippen LogP contribution in [0.1, 0.15) is 182 Å². The first-order valence-corrected chi connectivity index (χ1v) is 39.7. The van der Waals surface area contributed by atoms with Crippen LogP contribution in [0.15, 0.2) is 108 Å².